The fourth-order valence-corrected chi connectivity index (χ4v) is 3.07. The molecule has 0 bridgehead atoms. The third kappa shape index (κ3) is 4.37. The van der Waals surface area contributed by atoms with Gasteiger partial charge in [-0.1, -0.05) is 30.3 Å². The Bertz CT molecular complexity index is 708. The Labute approximate surface area is 147 Å². The maximum absolute atomic E-state index is 12.4. The van der Waals surface area contributed by atoms with Gasteiger partial charge in [0.05, 0.1) is 11.8 Å². The van der Waals surface area contributed by atoms with Crippen LogP contribution in [-0.4, -0.2) is 63.4 Å². The molecule has 1 fully saturated rings. The minimum Gasteiger partial charge on any atom is -0.387 e. The minimum absolute atomic E-state index is 0.105. The molecule has 1 aliphatic rings. The van der Waals surface area contributed by atoms with E-state index in [0.717, 1.165) is 24.3 Å². The van der Waals surface area contributed by atoms with Crippen molar-refractivity contribution < 1.29 is 9.90 Å². The number of rotatable bonds is 4. The fraction of sp³-hybridized carbons (Fsp3) is 0.444. The van der Waals surface area contributed by atoms with E-state index in [1.165, 1.54) is 0 Å². The number of nitrogens with zero attached hydrogens (tertiary/aromatic N) is 4. The van der Waals surface area contributed by atoms with Gasteiger partial charge >= 0.3 is 6.03 Å². The van der Waals surface area contributed by atoms with Gasteiger partial charge < -0.3 is 10.0 Å². The van der Waals surface area contributed by atoms with Gasteiger partial charge in [-0.2, -0.15) is 5.10 Å². The topological polar surface area (TPSA) is 73.6 Å². The number of carbonyl (C=O) groups is 1. The van der Waals surface area contributed by atoms with Crippen molar-refractivity contribution in [1.82, 2.24) is 19.6 Å². The lowest BCUT2D eigenvalue weighted by Gasteiger charge is -2.35. The highest BCUT2D eigenvalue weighted by Crippen LogP contribution is 2.15. The molecule has 1 aromatic heterocycles. The van der Waals surface area contributed by atoms with Gasteiger partial charge in [-0.25, -0.2) is 4.79 Å². The fourth-order valence-electron chi connectivity index (χ4n) is 3.07. The smallest absolute Gasteiger partial charge is 0.323 e. The average Bonchev–Trinajstić information content (AvgIpc) is 2.93. The SMILES string of the molecule is Cc1cc(NC(=O)N2CCN(C[C@@H](O)c3ccccc3)CC2)n(C)n1. The molecule has 2 heterocycles. The van der Waals surface area contributed by atoms with Crippen molar-refractivity contribution in [3.63, 3.8) is 0 Å². The van der Waals surface area contributed by atoms with Crippen molar-refractivity contribution in [3.8, 4) is 0 Å². The summed E-state index contributed by atoms with van der Waals surface area (Å²) in [4.78, 5) is 16.4. The van der Waals surface area contributed by atoms with Crippen LogP contribution in [0.1, 0.15) is 17.4 Å². The summed E-state index contributed by atoms with van der Waals surface area (Å²) in [5, 5.41) is 17.5. The van der Waals surface area contributed by atoms with Crippen molar-refractivity contribution in [3.05, 3.63) is 47.7 Å². The zero-order valence-corrected chi connectivity index (χ0v) is 14.7. The number of aliphatic hydroxyl groups excluding tert-OH is 1. The number of anilines is 1. The van der Waals surface area contributed by atoms with E-state index in [4.69, 9.17) is 0 Å². The first-order chi connectivity index (χ1) is 12.0. The maximum Gasteiger partial charge on any atom is 0.323 e. The summed E-state index contributed by atoms with van der Waals surface area (Å²) >= 11 is 0. The molecule has 2 amide bonds. The summed E-state index contributed by atoms with van der Waals surface area (Å²) in [5.74, 6) is 0.699. The predicted octanol–water partition coefficient (Wildman–Crippen LogP) is 1.61. The van der Waals surface area contributed by atoms with Gasteiger partial charge in [-0.15, -0.1) is 0 Å². The van der Waals surface area contributed by atoms with E-state index in [2.05, 4.69) is 15.3 Å². The normalized spacial score (nSPS) is 16.7. The molecule has 0 unspecified atom stereocenters. The molecule has 134 valence electrons. The first-order valence-corrected chi connectivity index (χ1v) is 8.55. The van der Waals surface area contributed by atoms with E-state index < -0.39 is 6.10 Å². The van der Waals surface area contributed by atoms with Crippen LogP contribution in [0.25, 0.3) is 0 Å². The number of hydrogen-bond acceptors (Lipinski definition) is 4. The van der Waals surface area contributed by atoms with E-state index in [1.807, 2.05) is 50.4 Å². The molecule has 0 saturated carbocycles. The minimum atomic E-state index is -0.501. The first-order valence-electron chi connectivity index (χ1n) is 8.55. The standard InChI is InChI=1S/C18H25N5O2/c1-14-12-17(21(2)20-14)19-18(25)23-10-8-22(9-11-23)13-16(24)15-6-4-3-5-7-15/h3-7,12,16,24H,8-11,13H2,1-2H3,(H,19,25)/t16-/m1/s1. The summed E-state index contributed by atoms with van der Waals surface area (Å²) < 4.78 is 1.67. The Balaban J connectivity index is 1.48. The van der Waals surface area contributed by atoms with Crippen LogP contribution in [-0.2, 0) is 7.05 Å². The van der Waals surface area contributed by atoms with Crippen molar-refractivity contribution in [2.45, 2.75) is 13.0 Å². The predicted molar refractivity (Wildman–Crippen MR) is 96.4 cm³/mol. The number of aromatic nitrogens is 2. The zero-order valence-electron chi connectivity index (χ0n) is 14.7. The number of carbonyl (C=O) groups excluding carboxylic acids is 1. The van der Waals surface area contributed by atoms with Crippen LogP contribution in [0.15, 0.2) is 36.4 Å². The molecule has 2 aromatic rings. The summed E-state index contributed by atoms with van der Waals surface area (Å²) in [5.41, 5.74) is 1.80. The molecule has 2 N–H and O–H groups in total. The molecule has 1 aliphatic heterocycles. The highest BCUT2D eigenvalue weighted by atomic mass is 16.3. The van der Waals surface area contributed by atoms with Crippen molar-refractivity contribution in [1.29, 1.82) is 0 Å². The Morgan fingerprint density at radius 2 is 1.92 bits per heavy atom. The molecule has 1 saturated heterocycles. The Morgan fingerprint density at radius 3 is 2.52 bits per heavy atom. The third-order valence-corrected chi connectivity index (χ3v) is 4.51. The molecule has 0 radical (unpaired) electrons. The lowest BCUT2D eigenvalue weighted by molar-refractivity contribution is 0.0831. The second kappa shape index (κ2) is 7.67. The number of amides is 2. The quantitative estimate of drug-likeness (QED) is 0.885. The number of β-amino-alcohol motifs (C(OH)–C–C–N with tert-alkyl or cyclic N) is 1. The van der Waals surface area contributed by atoms with Gasteiger partial charge in [0.2, 0.25) is 0 Å². The van der Waals surface area contributed by atoms with Gasteiger partial charge in [0, 0.05) is 45.8 Å². The number of nitrogens with one attached hydrogen (secondary N) is 1. The number of benzene rings is 1. The molecule has 0 aliphatic carbocycles. The summed E-state index contributed by atoms with van der Waals surface area (Å²) in [6.45, 7) is 5.27. The summed E-state index contributed by atoms with van der Waals surface area (Å²) in [7, 11) is 1.81. The number of hydrogen-bond donors (Lipinski definition) is 2. The Kier molecular flexibility index (Phi) is 5.35. The van der Waals surface area contributed by atoms with Crippen LogP contribution < -0.4 is 5.32 Å². The molecule has 1 aromatic carbocycles. The molecule has 1 atom stereocenters. The lowest BCUT2D eigenvalue weighted by atomic mass is 10.1. The van der Waals surface area contributed by atoms with E-state index in [0.29, 0.717) is 25.5 Å². The van der Waals surface area contributed by atoms with Crippen LogP contribution in [0.2, 0.25) is 0 Å². The summed E-state index contributed by atoms with van der Waals surface area (Å²) in [6.07, 6.45) is -0.501. The summed E-state index contributed by atoms with van der Waals surface area (Å²) in [6, 6.07) is 11.4. The van der Waals surface area contributed by atoms with Gasteiger partial charge in [0.15, 0.2) is 0 Å². The zero-order chi connectivity index (χ0) is 17.8. The van der Waals surface area contributed by atoms with Gasteiger partial charge in [0.1, 0.15) is 5.82 Å². The highest BCUT2D eigenvalue weighted by molar-refractivity contribution is 5.88. The molecule has 7 nitrogen and oxygen atoms in total. The molecular formula is C18H25N5O2. The average molecular weight is 343 g/mol. The number of aryl methyl sites for hydroxylation is 2. The van der Waals surface area contributed by atoms with Crippen LogP contribution in [0.4, 0.5) is 10.6 Å². The van der Waals surface area contributed by atoms with E-state index in [-0.39, 0.29) is 6.03 Å². The second-order valence-corrected chi connectivity index (χ2v) is 6.44. The molecular weight excluding hydrogens is 318 g/mol. The van der Waals surface area contributed by atoms with Crippen LogP contribution in [0.5, 0.6) is 0 Å². The van der Waals surface area contributed by atoms with Gasteiger partial charge in [-0.3, -0.25) is 14.9 Å². The number of piperazine rings is 1. The monoisotopic (exact) mass is 343 g/mol. The lowest BCUT2D eigenvalue weighted by Crippen LogP contribution is -2.50. The first kappa shape index (κ1) is 17.4. The Morgan fingerprint density at radius 1 is 1.24 bits per heavy atom. The van der Waals surface area contributed by atoms with Crippen LogP contribution in [0.3, 0.4) is 0 Å². The second-order valence-electron chi connectivity index (χ2n) is 6.44. The maximum atomic E-state index is 12.4. The van der Waals surface area contributed by atoms with E-state index in [9.17, 15) is 9.90 Å². The largest absolute Gasteiger partial charge is 0.387 e. The highest BCUT2D eigenvalue weighted by Gasteiger charge is 2.23. The van der Waals surface area contributed by atoms with Gasteiger partial charge in [0.25, 0.3) is 0 Å². The van der Waals surface area contributed by atoms with Crippen molar-refractivity contribution in [2.24, 2.45) is 7.05 Å². The van der Waals surface area contributed by atoms with Crippen molar-refractivity contribution in [2.75, 3.05) is 38.0 Å². The van der Waals surface area contributed by atoms with Crippen LogP contribution in [0, 0.1) is 6.92 Å². The molecule has 3 rings (SSSR count). The van der Waals surface area contributed by atoms with Gasteiger partial charge in [-0.05, 0) is 12.5 Å². The van der Waals surface area contributed by atoms with E-state index in [1.54, 1.807) is 9.58 Å². The van der Waals surface area contributed by atoms with E-state index >= 15 is 0 Å². The molecule has 25 heavy (non-hydrogen) atoms. The number of aliphatic hydroxyl groups is 1. The number of urea groups is 1. The third-order valence-electron chi connectivity index (χ3n) is 4.51. The molecule has 7 heteroatoms. The Hall–Kier alpha value is -2.38. The van der Waals surface area contributed by atoms with Crippen LogP contribution >= 0.6 is 0 Å². The molecule has 0 spiro atoms. The van der Waals surface area contributed by atoms with Crippen molar-refractivity contribution >= 4 is 11.8 Å².